The number of ketones is 1. The van der Waals surface area contributed by atoms with E-state index in [4.69, 9.17) is 33.0 Å². The number of aliphatic carboxylic acids is 1. The Morgan fingerprint density at radius 2 is 1.79 bits per heavy atom. The lowest BCUT2D eigenvalue weighted by molar-refractivity contribution is -0.144. The molecule has 0 spiro atoms. The van der Waals surface area contributed by atoms with Crippen LogP contribution in [0.5, 0.6) is 5.75 Å². The predicted molar refractivity (Wildman–Crippen MR) is 125 cm³/mol. The van der Waals surface area contributed by atoms with E-state index in [0.717, 1.165) is 0 Å². The smallest absolute Gasteiger partial charge is 0.344 e. The van der Waals surface area contributed by atoms with Crippen LogP contribution in [-0.2, 0) is 11.3 Å². The molecule has 4 aromatic rings. The Labute approximate surface area is 199 Å². The van der Waals surface area contributed by atoms with E-state index in [0.29, 0.717) is 49.3 Å². The number of carboxylic acids is 1. The van der Waals surface area contributed by atoms with Crippen molar-refractivity contribution in [3.05, 3.63) is 87.3 Å². The van der Waals surface area contributed by atoms with E-state index >= 15 is 0 Å². The highest BCUT2D eigenvalue weighted by molar-refractivity contribution is 6.31. The highest BCUT2D eigenvalue weighted by Gasteiger charge is 2.24. The fourth-order valence-corrected chi connectivity index (χ4v) is 3.85. The van der Waals surface area contributed by atoms with Gasteiger partial charge >= 0.3 is 5.97 Å². The van der Waals surface area contributed by atoms with Crippen molar-refractivity contribution in [1.29, 1.82) is 0 Å². The van der Waals surface area contributed by atoms with E-state index in [9.17, 15) is 9.59 Å². The maximum absolute atomic E-state index is 13.3. The number of benzene rings is 2. The molecular weight excluding hydrogens is 465 g/mol. The van der Waals surface area contributed by atoms with Gasteiger partial charge < -0.3 is 14.4 Å². The summed E-state index contributed by atoms with van der Waals surface area (Å²) in [4.78, 5) is 33.3. The van der Waals surface area contributed by atoms with Crippen molar-refractivity contribution in [1.82, 2.24) is 14.5 Å². The molecule has 9 heteroatoms. The van der Waals surface area contributed by atoms with Crippen LogP contribution in [0.4, 0.5) is 0 Å². The monoisotopic (exact) mass is 483 g/mol. The van der Waals surface area contributed by atoms with Crippen molar-refractivity contribution in [2.24, 2.45) is 0 Å². The summed E-state index contributed by atoms with van der Waals surface area (Å²) in [5.74, 6) is -0.881. The second kappa shape index (κ2) is 9.21. The Kier molecular flexibility index (Phi) is 6.35. The van der Waals surface area contributed by atoms with Crippen LogP contribution in [0.3, 0.4) is 0 Å². The number of halogens is 2. The Hall–Kier alpha value is -3.42. The molecule has 168 valence electrons. The molecule has 0 fully saturated rings. The van der Waals surface area contributed by atoms with E-state index in [1.807, 2.05) is 11.5 Å². The van der Waals surface area contributed by atoms with Gasteiger partial charge in [-0.3, -0.25) is 9.78 Å². The number of hydrogen-bond donors (Lipinski definition) is 1. The number of ether oxygens (including phenoxy) is 1. The Morgan fingerprint density at radius 3 is 2.48 bits per heavy atom. The summed E-state index contributed by atoms with van der Waals surface area (Å²) in [6.07, 6.45) is 2.09. The number of fused-ring (bicyclic) bond motifs is 1. The minimum atomic E-state index is -1.07. The standard InChI is InChI=1S/C24H19Cl2N3O4/c1-13-20(22(30)15-3-5-17(25)6-4-15)21-23(28-10-9-27-21)29(13)12-16-11-18(7-8-19(16)26)33-14(2)24(31)32/h3-11,14H,12H2,1-2H3,(H,31,32)/t14-/m0/s1. The van der Waals surface area contributed by atoms with Crippen molar-refractivity contribution < 1.29 is 19.4 Å². The summed E-state index contributed by atoms with van der Waals surface area (Å²) in [5, 5.41) is 10.1. The normalized spacial score (nSPS) is 12.0. The molecule has 0 unspecified atom stereocenters. The van der Waals surface area contributed by atoms with Crippen LogP contribution in [-0.4, -0.2) is 37.5 Å². The summed E-state index contributed by atoms with van der Waals surface area (Å²) in [6.45, 7) is 3.56. The second-order valence-electron chi connectivity index (χ2n) is 7.46. The number of carbonyl (C=O) groups is 2. The van der Waals surface area contributed by atoms with Gasteiger partial charge in [0.2, 0.25) is 0 Å². The molecular formula is C24H19Cl2N3O4. The van der Waals surface area contributed by atoms with E-state index < -0.39 is 12.1 Å². The molecule has 0 aliphatic rings. The molecule has 1 atom stereocenters. The maximum atomic E-state index is 13.3. The van der Waals surface area contributed by atoms with Crippen molar-refractivity contribution in [2.75, 3.05) is 0 Å². The average molecular weight is 484 g/mol. The van der Waals surface area contributed by atoms with Crippen LogP contribution in [0.25, 0.3) is 11.2 Å². The molecule has 0 bridgehead atoms. The molecule has 0 saturated heterocycles. The second-order valence-corrected chi connectivity index (χ2v) is 8.31. The zero-order valence-corrected chi connectivity index (χ0v) is 19.3. The SMILES string of the molecule is Cc1c(C(=O)c2ccc(Cl)cc2)c2nccnc2n1Cc1cc(O[C@@H](C)C(=O)O)ccc1Cl. The third-order valence-corrected chi connectivity index (χ3v) is 5.90. The van der Waals surface area contributed by atoms with Gasteiger partial charge in [0.25, 0.3) is 0 Å². The Balaban J connectivity index is 1.77. The summed E-state index contributed by atoms with van der Waals surface area (Å²) < 4.78 is 7.34. The van der Waals surface area contributed by atoms with Gasteiger partial charge in [-0.25, -0.2) is 9.78 Å². The summed E-state index contributed by atoms with van der Waals surface area (Å²) in [5.41, 5.74) is 3.32. The van der Waals surface area contributed by atoms with Gasteiger partial charge in [-0.1, -0.05) is 23.2 Å². The Morgan fingerprint density at radius 1 is 1.09 bits per heavy atom. The summed E-state index contributed by atoms with van der Waals surface area (Å²) in [7, 11) is 0. The molecule has 2 heterocycles. The molecule has 0 amide bonds. The van der Waals surface area contributed by atoms with Crippen molar-refractivity contribution in [2.45, 2.75) is 26.5 Å². The highest BCUT2D eigenvalue weighted by atomic mass is 35.5. The fourth-order valence-electron chi connectivity index (χ4n) is 3.55. The van der Waals surface area contributed by atoms with Crippen LogP contribution in [0.2, 0.25) is 10.0 Å². The van der Waals surface area contributed by atoms with Crippen LogP contribution >= 0.6 is 23.2 Å². The topological polar surface area (TPSA) is 94.3 Å². The lowest BCUT2D eigenvalue weighted by atomic mass is 10.0. The zero-order chi connectivity index (χ0) is 23.7. The summed E-state index contributed by atoms with van der Waals surface area (Å²) >= 11 is 12.4. The van der Waals surface area contributed by atoms with Gasteiger partial charge in [-0.2, -0.15) is 0 Å². The fraction of sp³-hybridized carbons (Fsp3) is 0.167. The molecule has 0 aliphatic heterocycles. The number of rotatable bonds is 7. The van der Waals surface area contributed by atoms with E-state index in [1.54, 1.807) is 54.9 Å². The third kappa shape index (κ3) is 4.55. The van der Waals surface area contributed by atoms with Gasteiger partial charge in [-0.15, -0.1) is 0 Å². The average Bonchev–Trinajstić information content (AvgIpc) is 3.07. The molecule has 4 rings (SSSR count). The molecule has 0 radical (unpaired) electrons. The molecule has 7 nitrogen and oxygen atoms in total. The van der Waals surface area contributed by atoms with Gasteiger partial charge in [0, 0.05) is 33.7 Å². The number of aromatic nitrogens is 3. The number of nitrogens with zero attached hydrogens (tertiary/aromatic N) is 3. The molecule has 0 aliphatic carbocycles. The first-order chi connectivity index (χ1) is 15.8. The lowest BCUT2D eigenvalue weighted by Gasteiger charge is -2.14. The molecule has 33 heavy (non-hydrogen) atoms. The summed E-state index contributed by atoms with van der Waals surface area (Å²) in [6, 6.07) is 11.6. The number of carbonyl (C=O) groups excluding carboxylic acids is 1. The molecule has 1 N–H and O–H groups in total. The number of hydrogen-bond acceptors (Lipinski definition) is 5. The van der Waals surface area contributed by atoms with Crippen LogP contribution in [0, 0.1) is 6.92 Å². The molecule has 2 aromatic carbocycles. The van der Waals surface area contributed by atoms with Crippen LogP contribution in [0.15, 0.2) is 54.9 Å². The van der Waals surface area contributed by atoms with Gasteiger partial charge in [0.1, 0.15) is 11.3 Å². The van der Waals surface area contributed by atoms with E-state index in [1.165, 1.54) is 6.92 Å². The zero-order valence-electron chi connectivity index (χ0n) is 17.8. The first-order valence-electron chi connectivity index (χ1n) is 10.0. The van der Waals surface area contributed by atoms with Crippen molar-refractivity contribution >= 4 is 46.1 Å². The van der Waals surface area contributed by atoms with Crippen LogP contribution in [0.1, 0.15) is 34.1 Å². The van der Waals surface area contributed by atoms with Gasteiger partial charge in [0.05, 0.1) is 12.1 Å². The van der Waals surface area contributed by atoms with Crippen LogP contribution < -0.4 is 4.74 Å². The quantitative estimate of drug-likeness (QED) is 0.364. The minimum Gasteiger partial charge on any atom is -0.479 e. The van der Waals surface area contributed by atoms with E-state index in [-0.39, 0.29) is 12.3 Å². The largest absolute Gasteiger partial charge is 0.479 e. The van der Waals surface area contributed by atoms with Gasteiger partial charge in [0.15, 0.2) is 17.5 Å². The van der Waals surface area contributed by atoms with Crippen molar-refractivity contribution in [3.63, 3.8) is 0 Å². The Bertz CT molecular complexity index is 1370. The first kappa shape index (κ1) is 22.8. The predicted octanol–water partition coefficient (Wildman–Crippen LogP) is 5.18. The molecule has 2 aromatic heterocycles. The third-order valence-electron chi connectivity index (χ3n) is 5.28. The van der Waals surface area contributed by atoms with E-state index in [2.05, 4.69) is 9.97 Å². The highest BCUT2D eigenvalue weighted by Crippen LogP contribution is 2.29. The first-order valence-corrected chi connectivity index (χ1v) is 10.8. The van der Waals surface area contributed by atoms with Gasteiger partial charge in [-0.05, 0) is 61.9 Å². The molecule has 0 saturated carbocycles. The van der Waals surface area contributed by atoms with Crippen molar-refractivity contribution in [3.8, 4) is 5.75 Å². The minimum absolute atomic E-state index is 0.188. The maximum Gasteiger partial charge on any atom is 0.344 e. The lowest BCUT2D eigenvalue weighted by Crippen LogP contribution is -2.22. The number of carboxylic acid groups (broad SMARTS) is 1.